The summed E-state index contributed by atoms with van der Waals surface area (Å²) in [6.07, 6.45) is 1.42. The van der Waals surface area contributed by atoms with Gasteiger partial charge in [-0.2, -0.15) is 13.9 Å². The minimum absolute atomic E-state index is 0.108. The molecule has 0 saturated heterocycles. The highest BCUT2D eigenvalue weighted by atomic mass is 32.2. The van der Waals surface area contributed by atoms with E-state index >= 15 is 0 Å². The number of rotatable bonds is 8. The molecule has 2 rings (SSSR count). The van der Waals surface area contributed by atoms with Crippen LogP contribution in [-0.2, 0) is 5.75 Å². The van der Waals surface area contributed by atoms with Gasteiger partial charge in [-0.3, -0.25) is 5.43 Å². The van der Waals surface area contributed by atoms with E-state index < -0.39 is 5.76 Å². The Bertz CT molecular complexity index is 706. The van der Waals surface area contributed by atoms with E-state index in [4.69, 9.17) is 21.4 Å². The Labute approximate surface area is 153 Å². The van der Waals surface area contributed by atoms with Gasteiger partial charge in [-0.15, -0.1) is 0 Å². The van der Waals surface area contributed by atoms with Crippen molar-refractivity contribution in [3.8, 4) is 5.75 Å². The number of thioether (sulfide) groups is 1. The van der Waals surface area contributed by atoms with Gasteiger partial charge in [-0.25, -0.2) is 0 Å². The summed E-state index contributed by atoms with van der Waals surface area (Å²) in [6, 6.07) is 10.6. The van der Waals surface area contributed by atoms with Crippen LogP contribution in [0.2, 0.25) is 0 Å². The van der Waals surface area contributed by atoms with Crippen molar-refractivity contribution < 1.29 is 17.9 Å². The molecule has 25 heavy (non-hydrogen) atoms. The second kappa shape index (κ2) is 10.00. The van der Waals surface area contributed by atoms with Crippen molar-refractivity contribution in [2.24, 2.45) is 5.10 Å². The van der Waals surface area contributed by atoms with Gasteiger partial charge >= 0.3 is 0 Å². The zero-order valence-electron chi connectivity index (χ0n) is 13.4. The number of hydrazone groups is 1. The van der Waals surface area contributed by atoms with Crippen molar-refractivity contribution >= 4 is 41.0 Å². The molecule has 2 N–H and O–H groups in total. The van der Waals surface area contributed by atoms with E-state index in [0.29, 0.717) is 35.0 Å². The second-order valence-electron chi connectivity index (χ2n) is 4.66. The number of nitrogens with one attached hydrogen (secondary N) is 2. The Kier molecular flexibility index (Phi) is 7.68. The fourth-order valence-corrected chi connectivity index (χ4v) is 2.42. The van der Waals surface area contributed by atoms with Crippen molar-refractivity contribution in [2.45, 2.75) is 18.4 Å². The van der Waals surface area contributed by atoms with Gasteiger partial charge in [-0.05, 0) is 55.5 Å². The Morgan fingerprint density at radius 2 is 2.08 bits per heavy atom. The summed E-state index contributed by atoms with van der Waals surface area (Å²) < 4.78 is 34.9. The number of alkyl halides is 2. The van der Waals surface area contributed by atoms with Gasteiger partial charge in [0.05, 0.1) is 18.6 Å². The predicted octanol–water partition coefficient (Wildman–Crippen LogP) is 4.45. The van der Waals surface area contributed by atoms with Gasteiger partial charge < -0.3 is 14.5 Å². The molecule has 0 fully saturated rings. The highest BCUT2D eigenvalue weighted by Crippen LogP contribution is 2.20. The van der Waals surface area contributed by atoms with Crippen LogP contribution in [0.15, 0.2) is 45.9 Å². The van der Waals surface area contributed by atoms with Crippen molar-refractivity contribution in [1.29, 1.82) is 0 Å². The third kappa shape index (κ3) is 7.10. The monoisotopic (exact) mass is 385 g/mol. The minimum Gasteiger partial charge on any atom is -0.494 e. The molecule has 9 heteroatoms. The zero-order valence-corrected chi connectivity index (χ0v) is 15.0. The molecule has 0 aliphatic carbocycles. The third-order valence-corrected chi connectivity index (χ3v) is 3.71. The van der Waals surface area contributed by atoms with Crippen LogP contribution in [0, 0.1) is 0 Å². The van der Waals surface area contributed by atoms with Crippen LogP contribution in [0.3, 0.4) is 0 Å². The Morgan fingerprint density at radius 3 is 2.76 bits per heavy atom. The second-order valence-corrected chi connectivity index (χ2v) is 6.04. The normalized spacial score (nSPS) is 11.0. The SMILES string of the molecule is CCOc1ccc(NC(=S)N/N=C\c2ccc(CSC(F)F)o2)cc1. The van der Waals surface area contributed by atoms with Gasteiger partial charge in [0.15, 0.2) is 5.11 Å². The summed E-state index contributed by atoms with van der Waals surface area (Å²) in [5.74, 6) is -0.627. The molecule has 0 spiro atoms. The molecule has 0 bridgehead atoms. The van der Waals surface area contributed by atoms with Gasteiger partial charge in [0, 0.05) is 5.69 Å². The first-order valence-corrected chi connectivity index (χ1v) is 8.84. The van der Waals surface area contributed by atoms with Crippen molar-refractivity contribution in [3.05, 3.63) is 47.9 Å². The Hall–Kier alpha value is -2.13. The molecule has 0 amide bonds. The fourth-order valence-electron chi connectivity index (χ4n) is 1.80. The molecule has 0 atom stereocenters. The average Bonchev–Trinajstić information content (AvgIpc) is 3.03. The average molecular weight is 385 g/mol. The van der Waals surface area contributed by atoms with Crippen LogP contribution < -0.4 is 15.5 Å². The first-order chi connectivity index (χ1) is 12.1. The number of hydrogen-bond donors (Lipinski definition) is 2. The fraction of sp³-hybridized carbons (Fsp3) is 0.250. The summed E-state index contributed by atoms with van der Waals surface area (Å²) in [5, 5.41) is 7.22. The van der Waals surface area contributed by atoms with Crippen LogP contribution >= 0.6 is 24.0 Å². The molecule has 1 heterocycles. The lowest BCUT2D eigenvalue weighted by Crippen LogP contribution is -2.23. The summed E-state index contributed by atoms with van der Waals surface area (Å²) in [6.45, 7) is 2.53. The van der Waals surface area contributed by atoms with Crippen LogP contribution in [0.25, 0.3) is 0 Å². The first kappa shape index (κ1) is 19.2. The van der Waals surface area contributed by atoms with Gasteiger partial charge in [0.25, 0.3) is 5.76 Å². The molecule has 0 aliphatic heterocycles. The van der Waals surface area contributed by atoms with Crippen LogP contribution in [-0.4, -0.2) is 23.7 Å². The minimum atomic E-state index is -2.42. The van der Waals surface area contributed by atoms with Crippen molar-refractivity contribution in [1.82, 2.24) is 5.43 Å². The summed E-state index contributed by atoms with van der Waals surface area (Å²) in [7, 11) is 0. The third-order valence-electron chi connectivity index (χ3n) is 2.82. The number of halogens is 2. The predicted molar refractivity (Wildman–Crippen MR) is 101 cm³/mol. The molecule has 0 radical (unpaired) electrons. The number of ether oxygens (including phenoxy) is 1. The zero-order chi connectivity index (χ0) is 18.1. The molecular weight excluding hydrogens is 368 g/mol. The van der Waals surface area contributed by atoms with Crippen molar-refractivity contribution in [2.75, 3.05) is 11.9 Å². The molecule has 0 aliphatic rings. The number of hydrogen-bond acceptors (Lipinski definition) is 5. The maximum Gasteiger partial charge on any atom is 0.284 e. The van der Waals surface area contributed by atoms with E-state index in [1.165, 1.54) is 6.21 Å². The lowest BCUT2D eigenvalue weighted by Gasteiger charge is -2.08. The van der Waals surface area contributed by atoms with Crippen molar-refractivity contribution in [3.63, 3.8) is 0 Å². The quantitative estimate of drug-likeness (QED) is 0.398. The number of thiocarbonyl (C=S) groups is 1. The van der Waals surface area contributed by atoms with Gasteiger partial charge in [-0.1, -0.05) is 11.8 Å². The highest BCUT2D eigenvalue weighted by Gasteiger charge is 2.06. The summed E-state index contributed by atoms with van der Waals surface area (Å²) >= 11 is 5.63. The largest absolute Gasteiger partial charge is 0.494 e. The molecular formula is C16H17F2N3O2S2. The lowest BCUT2D eigenvalue weighted by atomic mass is 10.3. The topological polar surface area (TPSA) is 58.8 Å². The summed E-state index contributed by atoms with van der Waals surface area (Å²) in [5.41, 5.74) is 3.44. The summed E-state index contributed by atoms with van der Waals surface area (Å²) in [4.78, 5) is 0. The smallest absolute Gasteiger partial charge is 0.284 e. The molecule has 134 valence electrons. The van der Waals surface area contributed by atoms with E-state index in [2.05, 4.69) is 15.8 Å². The maximum absolute atomic E-state index is 12.1. The molecule has 0 unspecified atom stereocenters. The molecule has 5 nitrogen and oxygen atoms in total. The van der Waals surface area contributed by atoms with E-state index in [9.17, 15) is 8.78 Å². The molecule has 0 saturated carbocycles. The molecule has 1 aromatic heterocycles. The highest BCUT2D eigenvalue weighted by molar-refractivity contribution is 7.98. The van der Waals surface area contributed by atoms with Crippen LogP contribution in [0.1, 0.15) is 18.4 Å². The molecule has 2 aromatic rings. The molecule has 1 aromatic carbocycles. The number of nitrogens with zero attached hydrogens (tertiary/aromatic N) is 1. The van der Waals surface area contributed by atoms with E-state index in [-0.39, 0.29) is 5.75 Å². The van der Waals surface area contributed by atoms with Crippen LogP contribution in [0.5, 0.6) is 5.75 Å². The van der Waals surface area contributed by atoms with Gasteiger partial charge in [0.1, 0.15) is 17.3 Å². The van der Waals surface area contributed by atoms with E-state index in [0.717, 1.165) is 11.4 Å². The lowest BCUT2D eigenvalue weighted by molar-refractivity contribution is 0.251. The Morgan fingerprint density at radius 1 is 1.32 bits per heavy atom. The number of benzene rings is 1. The first-order valence-electron chi connectivity index (χ1n) is 7.38. The van der Waals surface area contributed by atoms with E-state index in [1.54, 1.807) is 12.1 Å². The van der Waals surface area contributed by atoms with Crippen LogP contribution in [0.4, 0.5) is 14.5 Å². The standard InChI is InChI=1S/C16H17F2N3O2S2/c1-2-22-12-5-3-11(4-6-12)20-16(24)21-19-9-13-7-8-14(23-13)10-25-15(17)18/h3-9,15H,2,10H2,1H3,(H2,20,21,24)/b19-9-. The van der Waals surface area contributed by atoms with E-state index in [1.807, 2.05) is 31.2 Å². The number of anilines is 1. The maximum atomic E-state index is 12.1. The number of furan rings is 1. The van der Waals surface area contributed by atoms with Gasteiger partial charge in [0.2, 0.25) is 0 Å². The Balaban J connectivity index is 1.78.